The average Bonchev–Trinajstić information content (AvgIpc) is 2.78. The molecular weight excluding hydrogens is 349 g/mol. The van der Waals surface area contributed by atoms with Crippen LogP contribution in [0.1, 0.15) is 70.3 Å². The maximum atomic E-state index is 4.87. The molecule has 2 rings (SSSR count). The highest BCUT2D eigenvalue weighted by Gasteiger charge is 2.27. The molecule has 0 radical (unpaired) electrons. The Labute approximate surface area is 130 Å². The molecule has 19 heavy (non-hydrogen) atoms. The number of halogens is 1. The van der Waals surface area contributed by atoms with Crippen LogP contribution in [0.25, 0.3) is 0 Å². The van der Waals surface area contributed by atoms with Gasteiger partial charge in [-0.15, -0.1) is 0 Å². The van der Waals surface area contributed by atoms with Crippen molar-refractivity contribution in [2.24, 2.45) is 5.92 Å². The number of nitrogens with zero attached hydrogens (tertiary/aromatic N) is 2. The minimum Gasteiger partial charge on any atom is -0.369 e. The maximum absolute atomic E-state index is 4.87. The lowest BCUT2D eigenvalue weighted by atomic mass is 10.0. The van der Waals surface area contributed by atoms with Crippen LogP contribution in [0, 0.1) is 9.49 Å². The van der Waals surface area contributed by atoms with Gasteiger partial charge in [0.1, 0.15) is 11.6 Å². The summed E-state index contributed by atoms with van der Waals surface area (Å²) in [6.07, 6.45) is 3.79. The highest BCUT2D eigenvalue weighted by atomic mass is 127. The summed E-state index contributed by atoms with van der Waals surface area (Å²) in [5, 5.41) is 3.39. The molecule has 3 nitrogen and oxygen atoms in total. The summed E-state index contributed by atoms with van der Waals surface area (Å²) in [4.78, 5) is 9.66. The Hall–Kier alpha value is -0.390. The van der Waals surface area contributed by atoms with Crippen LogP contribution in [0.5, 0.6) is 0 Å². The Bertz CT molecular complexity index is 445. The monoisotopic (exact) mass is 373 g/mol. The maximum Gasteiger partial charge on any atom is 0.143 e. The van der Waals surface area contributed by atoms with Crippen molar-refractivity contribution in [2.45, 2.75) is 58.8 Å². The van der Waals surface area contributed by atoms with Gasteiger partial charge in [0.05, 0.1) is 9.26 Å². The molecule has 1 aliphatic carbocycles. The molecule has 1 N–H and O–H groups in total. The summed E-state index contributed by atoms with van der Waals surface area (Å²) in [5.41, 5.74) is 1.20. The molecule has 0 aliphatic heterocycles. The van der Waals surface area contributed by atoms with Crippen molar-refractivity contribution < 1.29 is 0 Å². The molecule has 0 saturated heterocycles. The number of aromatic nitrogens is 2. The third-order valence-corrected chi connectivity index (χ3v) is 4.91. The van der Waals surface area contributed by atoms with Crippen LogP contribution >= 0.6 is 22.6 Å². The average molecular weight is 373 g/mol. The van der Waals surface area contributed by atoms with Crippen LogP contribution in [0.4, 0.5) is 5.82 Å². The zero-order valence-corrected chi connectivity index (χ0v) is 14.5. The smallest absolute Gasteiger partial charge is 0.143 e. The predicted octanol–water partition coefficient (Wildman–Crippen LogP) is 4.54. The quantitative estimate of drug-likeness (QED) is 0.788. The molecule has 0 spiro atoms. The molecule has 2 unspecified atom stereocenters. The van der Waals surface area contributed by atoms with Crippen molar-refractivity contribution >= 4 is 28.4 Å². The second kappa shape index (κ2) is 6.37. The van der Waals surface area contributed by atoms with Gasteiger partial charge < -0.3 is 5.32 Å². The molecule has 0 amide bonds. The molecule has 1 aliphatic rings. The van der Waals surface area contributed by atoms with Crippen LogP contribution in [-0.4, -0.2) is 16.5 Å². The van der Waals surface area contributed by atoms with Crippen molar-refractivity contribution in [1.82, 2.24) is 9.97 Å². The second-order valence-electron chi connectivity index (χ2n) is 5.93. The zero-order valence-electron chi connectivity index (χ0n) is 12.3. The van der Waals surface area contributed by atoms with E-state index >= 15 is 0 Å². The number of hydrogen-bond acceptors (Lipinski definition) is 3. The molecule has 1 heterocycles. The largest absolute Gasteiger partial charge is 0.369 e. The molecule has 1 aromatic rings. The standard InChI is InChI=1S/C15H24IN3/c1-5-17-15-12(16)13(9(2)3)18-14(19-15)11-7-6-10(4)8-11/h9-11H,5-8H2,1-4H3,(H,17,18,19). The molecule has 4 heteroatoms. The highest BCUT2D eigenvalue weighted by Crippen LogP contribution is 2.38. The van der Waals surface area contributed by atoms with Gasteiger partial charge in [0.2, 0.25) is 0 Å². The summed E-state index contributed by atoms with van der Waals surface area (Å²) in [7, 11) is 0. The van der Waals surface area contributed by atoms with Crippen molar-refractivity contribution in [3.63, 3.8) is 0 Å². The van der Waals surface area contributed by atoms with Gasteiger partial charge in [-0.3, -0.25) is 0 Å². The first-order valence-electron chi connectivity index (χ1n) is 7.34. The first kappa shape index (κ1) is 15.0. The Morgan fingerprint density at radius 1 is 1.32 bits per heavy atom. The minimum atomic E-state index is 0.449. The summed E-state index contributed by atoms with van der Waals surface area (Å²) in [6.45, 7) is 9.78. The third kappa shape index (κ3) is 3.38. The van der Waals surface area contributed by atoms with E-state index < -0.39 is 0 Å². The molecule has 0 bridgehead atoms. The molecular formula is C15H24IN3. The lowest BCUT2D eigenvalue weighted by Gasteiger charge is -2.17. The van der Waals surface area contributed by atoms with E-state index in [-0.39, 0.29) is 0 Å². The number of rotatable bonds is 4. The van der Waals surface area contributed by atoms with E-state index in [0.29, 0.717) is 11.8 Å². The summed E-state index contributed by atoms with van der Waals surface area (Å²) >= 11 is 2.38. The fourth-order valence-electron chi connectivity index (χ4n) is 2.77. The topological polar surface area (TPSA) is 37.8 Å². The van der Waals surface area contributed by atoms with E-state index in [4.69, 9.17) is 9.97 Å². The van der Waals surface area contributed by atoms with Gasteiger partial charge in [-0.2, -0.15) is 0 Å². The predicted molar refractivity (Wildman–Crippen MR) is 88.8 cm³/mol. The van der Waals surface area contributed by atoms with E-state index in [1.54, 1.807) is 0 Å². The van der Waals surface area contributed by atoms with Crippen molar-refractivity contribution in [3.05, 3.63) is 15.1 Å². The van der Waals surface area contributed by atoms with Crippen LogP contribution in [-0.2, 0) is 0 Å². The molecule has 2 atom stereocenters. The van der Waals surface area contributed by atoms with Gasteiger partial charge in [0.25, 0.3) is 0 Å². The fraction of sp³-hybridized carbons (Fsp3) is 0.733. The van der Waals surface area contributed by atoms with E-state index in [0.717, 1.165) is 24.1 Å². The summed E-state index contributed by atoms with van der Waals surface area (Å²) in [5.74, 6) is 3.91. The molecule has 1 saturated carbocycles. The highest BCUT2D eigenvalue weighted by molar-refractivity contribution is 14.1. The van der Waals surface area contributed by atoms with Crippen LogP contribution < -0.4 is 5.32 Å². The second-order valence-corrected chi connectivity index (χ2v) is 7.01. The lowest BCUT2D eigenvalue weighted by molar-refractivity contribution is 0.582. The minimum absolute atomic E-state index is 0.449. The number of anilines is 1. The lowest BCUT2D eigenvalue weighted by Crippen LogP contribution is -2.12. The fourth-order valence-corrected chi connectivity index (χ4v) is 3.83. The summed E-state index contributed by atoms with van der Waals surface area (Å²) in [6, 6.07) is 0. The number of nitrogens with one attached hydrogen (secondary N) is 1. The molecule has 0 aromatic carbocycles. The van der Waals surface area contributed by atoms with Crippen molar-refractivity contribution in [2.75, 3.05) is 11.9 Å². The van der Waals surface area contributed by atoms with E-state index in [1.165, 1.54) is 28.5 Å². The van der Waals surface area contributed by atoms with E-state index in [1.807, 2.05) is 0 Å². The Kier molecular flexibility index (Phi) is 5.03. The van der Waals surface area contributed by atoms with Crippen LogP contribution in [0.2, 0.25) is 0 Å². The van der Waals surface area contributed by atoms with Gasteiger partial charge in [-0.25, -0.2) is 9.97 Å². The Morgan fingerprint density at radius 2 is 2.05 bits per heavy atom. The SMILES string of the molecule is CCNc1nc(C2CCC(C)C2)nc(C(C)C)c1I. The molecule has 106 valence electrons. The normalized spacial score (nSPS) is 23.1. The van der Waals surface area contributed by atoms with Gasteiger partial charge in [-0.05, 0) is 60.6 Å². The van der Waals surface area contributed by atoms with Crippen LogP contribution in [0.3, 0.4) is 0 Å². The van der Waals surface area contributed by atoms with Crippen molar-refractivity contribution in [3.8, 4) is 0 Å². The van der Waals surface area contributed by atoms with E-state index in [9.17, 15) is 0 Å². The first-order chi connectivity index (χ1) is 9.02. The van der Waals surface area contributed by atoms with Gasteiger partial charge in [-0.1, -0.05) is 20.8 Å². The van der Waals surface area contributed by atoms with Crippen LogP contribution in [0.15, 0.2) is 0 Å². The Balaban J connectivity index is 2.38. The summed E-state index contributed by atoms with van der Waals surface area (Å²) < 4.78 is 1.18. The zero-order chi connectivity index (χ0) is 14.0. The molecule has 1 fully saturated rings. The van der Waals surface area contributed by atoms with Gasteiger partial charge in [0.15, 0.2) is 0 Å². The number of hydrogen-bond donors (Lipinski definition) is 1. The molecule has 1 aromatic heterocycles. The van der Waals surface area contributed by atoms with Gasteiger partial charge >= 0.3 is 0 Å². The van der Waals surface area contributed by atoms with E-state index in [2.05, 4.69) is 55.6 Å². The first-order valence-corrected chi connectivity index (χ1v) is 8.42. The third-order valence-electron chi connectivity index (χ3n) is 3.85. The van der Waals surface area contributed by atoms with Crippen molar-refractivity contribution in [1.29, 1.82) is 0 Å². The Morgan fingerprint density at radius 3 is 2.58 bits per heavy atom. The van der Waals surface area contributed by atoms with Gasteiger partial charge in [0, 0.05) is 12.5 Å².